The molecule has 0 heterocycles. The van der Waals surface area contributed by atoms with Crippen LogP contribution in [0, 0.1) is 46.3 Å². The Hall–Kier alpha value is -0.610. The van der Waals surface area contributed by atoms with E-state index in [1.54, 1.807) is 0 Å². The van der Waals surface area contributed by atoms with Crippen molar-refractivity contribution < 1.29 is 19.7 Å². The van der Waals surface area contributed by atoms with Crippen molar-refractivity contribution in [3.63, 3.8) is 0 Å². The maximum atomic E-state index is 11.6. The van der Waals surface area contributed by atoms with Crippen LogP contribution in [0.4, 0.5) is 0 Å². The summed E-state index contributed by atoms with van der Waals surface area (Å²) in [6.07, 6.45) is 9.80. The molecule has 4 heteroatoms. The standard InChI is InChI=1S/C25H42O4/c1-15(5-8-22(28)29-4)18-6-7-19-23-20(10-12-25(18,19)3)24(2)11-9-17(26)13-16(24)14-21(23)27/h15-21,23,26-27H,5-14H2,1-4H3/t15-,16?,17-,18?,19?,20?,21-,23?,24?,25?/m1/s1. The van der Waals surface area contributed by atoms with Crippen molar-refractivity contribution in [3.05, 3.63) is 0 Å². The van der Waals surface area contributed by atoms with Crippen LogP contribution in [0.5, 0.6) is 0 Å². The van der Waals surface area contributed by atoms with Crippen LogP contribution in [-0.4, -0.2) is 35.5 Å². The first-order valence-corrected chi connectivity index (χ1v) is 12.1. The van der Waals surface area contributed by atoms with Gasteiger partial charge in [0.2, 0.25) is 0 Å². The van der Waals surface area contributed by atoms with Crippen LogP contribution in [-0.2, 0) is 9.53 Å². The smallest absolute Gasteiger partial charge is 0.305 e. The van der Waals surface area contributed by atoms with Gasteiger partial charge in [-0.3, -0.25) is 4.79 Å². The normalized spacial score (nSPS) is 50.2. The lowest BCUT2D eigenvalue weighted by Gasteiger charge is -2.62. The second kappa shape index (κ2) is 7.82. The van der Waals surface area contributed by atoms with Gasteiger partial charge in [-0.1, -0.05) is 20.8 Å². The third-order valence-electron chi connectivity index (χ3n) is 10.4. The van der Waals surface area contributed by atoms with Gasteiger partial charge in [0.05, 0.1) is 19.3 Å². The number of hydrogen-bond acceptors (Lipinski definition) is 4. The Balaban J connectivity index is 1.53. The van der Waals surface area contributed by atoms with Gasteiger partial charge in [-0.05, 0) is 104 Å². The largest absolute Gasteiger partial charge is 0.469 e. The maximum absolute atomic E-state index is 11.6. The third kappa shape index (κ3) is 3.46. The van der Waals surface area contributed by atoms with Crippen LogP contribution < -0.4 is 0 Å². The molecule has 0 aromatic carbocycles. The van der Waals surface area contributed by atoms with Crippen LogP contribution in [0.3, 0.4) is 0 Å². The van der Waals surface area contributed by atoms with Gasteiger partial charge in [-0.15, -0.1) is 0 Å². The highest BCUT2D eigenvalue weighted by Crippen LogP contribution is 2.68. The Bertz CT molecular complexity index is 620. The number of hydrogen-bond donors (Lipinski definition) is 2. The number of esters is 1. The number of carbonyl (C=O) groups excluding carboxylic acids is 1. The van der Waals surface area contributed by atoms with Gasteiger partial charge in [-0.25, -0.2) is 0 Å². The first kappa shape index (κ1) is 21.6. The SMILES string of the molecule is COC(=O)CC[C@@H](C)C1CCC2C3C(CCC21C)C1(C)CC[C@@H](O)CC1C[C@H]3O. The molecule has 0 saturated heterocycles. The summed E-state index contributed by atoms with van der Waals surface area (Å²) in [7, 11) is 1.48. The van der Waals surface area contributed by atoms with Crippen molar-refractivity contribution >= 4 is 5.97 Å². The van der Waals surface area contributed by atoms with Crippen molar-refractivity contribution in [2.24, 2.45) is 46.3 Å². The molecule has 4 rings (SSSR count). The summed E-state index contributed by atoms with van der Waals surface area (Å²) < 4.78 is 4.86. The molecule has 4 nitrogen and oxygen atoms in total. The van der Waals surface area contributed by atoms with E-state index in [0.717, 1.165) is 32.1 Å². The van der Waals surface area contributed by atoms with E-state index < -0.39 is 0 Å². The predicted octanol–water partition coefficient (Wildman–Crippen LogP) is 4.57. The van der Waals surface area contributed by atoms with E-state index in [-0.39, 0.29) is 23.6 Å². The van der Waals surface area contributed by atoms with Gasteiger partial charge in [0, 0.05) is 6.42 Å². The Morgan fingerprint density at radius 1 is 1.03 bits per heavy atom. The average molecular weight is 407 g/mol. The Morgan fingerprint density at radius 2 is 1.72 bits per heavy atom. The fraction of sp³-hybridized carbons (Fsp3) is 0.960. The molecule has 0 aromatic heterocycles. The highest BCUT2D eigenvalue weighted by molar-refractivity contribution is 5.69. The molecular formula is C25H42O4. The summed E-state index contributed by atoms with van der Waals surface area (Å²) in [5, 5.41) is 21.5. The van der Waals surface area contributed by atoms with E-state index >= 15 is 0 Å². The first-order chi connectivity index (χ1) is 13.7. The number of rotatable bonds is 4. The maximum Gasteiger partial charge on any atom is 0.305 e. The molecule has 4 aliphatic carbocycles. The number of aliphatic hydroxyl groups excluding tert-OH is 2. The van der Waals surface area contributed by atoms with Gasteiger partial charge in [0.25, 0.3) is 0 Å². The summed E-state index contributed by atoms with van der Waals surface area (Å²) in [5.41, 5.74) is 0.577. The molecule has 0 spiro atoms. The summed E-state index contributed by atoms with van der Waals surface area (Å²) >= 11 is 0. The fourth-order valence-electron chi connectivity index (χ4n) is 8.82. The van der Waals surface area contributed by atoms with Crippen molar-refractivity contribution in [3.8, 4) is 0 Å². The van der Waals surface area contributed by atoms with Crippen molar-refractivity contribution in [2.75, 3.05) is 7.11 Å². The minimum Gasteiger partial charge on any atom is -0.469 e. The predicted molar refractivity (Wildman–Crippen MR) is 113 cm³/mol. The highest BCUT2D eigenvalue weighted by atomic mass is 16.5. The van der Waals surface area contributed by atoms with Crippen LogP contribution in [0.15, 0.2) is 0 Å². The minimum atomic E-state index is -0.211. The number of carbonyl (C=O) groups is 1. The molecule has 0 aromatic rings. The van der Waals surface area contributed by atoms with Gasteiger partial charge in [0.15, 0.2) is 0 Å². The van der Waals surface area contributed by atoms with Gasteiger partial charge in [-0.2, -0.15) is 0 Å². The molecule has 29 heavy (non-hydrogen) atoms. The summed E-state index contributed by atoms with van der Waals surface area (Å²) in [6.45, 7) is 7.29. The Morgan fingerprint density at radius 3 is 2.45 bits per heavy atom. The van der Waals surface area contributed by atoms with Crippen LogP contribution in [0.25, 0.3) is 0 Å². The molecule has 10 atom stereocenters. The van der Waals surface area contributed by atoms with E-state index in [1.807, 2.05) is 0 Å². The quantitative estimate of drug-likeness (QED) is 0.671. The summed E-state index contributed by atoms with van der Waals surface area (Å²) in [4.78, 5) is 11.6. The molecule has 2 N–H and O–H groups in total. The van der Waals surface area contributed by atoms with E-state index in [1.165, 1.54) is 32.8 Å². The van der Waals surface area contributed by atoms with Gasteiger partial charge < -0.3 is 14.9 Å². The van der Waals surface area contributed by atoms with Gasteiger partial charge in [0.1, 0.15) is 0 Å². The first-order valence-electron chi connectivity index (χ1n) is 12.1. The summed E-state index contributed by atoms with van der Waals surface area (Å²) in [6, 6.07) is 0. The molecule has 166 valence electrons. The monoisotopic (exact) mass is 406 g/mol. The zero-order valence-corrected chi connectivity index (χ0v) is 18.9. The number of aliphatic hydroxyl groups is 2. The second-order valence-electron chi connectivity index (χ2n) is 11.5. The van der Waals surface area contributed by atoms with E-state index in [4.69, 9.17) is 4.74 Å². The van der Waals surface area contributed by atoms with Crippen LogP contribution >= 0.6 is 0 Å². The number of methoxy groups -OCH3 is 1. The van der Waals surface area contributed by atoms with Crippen molar-refractivity contribution in [1.82, 2.24) is 0 Å². The van der Waals surface area contributed by atoms with Crippen LogP contribution in [0.2, 0.25) is 0 Å². The molecule has 0 aliphatic heterocycles. The van der Waals surface area contributed by atoms with E-state index in [0.29, 0.717) is 47.3 Å². The zero-order chi connectivity index (χ0) is 21.0. The lowest BCUT2D eigenvalue weighted by Crippen LogP contribution is -2.58. The second-order valence-corrected chi connectivity index (χ2v) is 11.5. The average Bonchev–Trinajstić information content (AvgIpc) is 3.04. The molecule has 0 bridgehead atoms. The topological polar surface area (TPSA) is 66.8 Å². The minimum absolute atomic E-state index is 0.0959. The molecule has 0 radical (unpaired) electrons. The van der Waals surface area contributed by atoms with Crippen LogP contribution in [0.1, 0.15) is 85.0 Å². The van der Waals surface area contributed by atoms with Gasteiger partial charge >= 0.3 is 5.97 Å². The third-order valence-corrected chi connectivity index (χ3v) is 10.4. The molecular weight excluding hydrogens is 364 g/mol. The van der Waals surface area contributed by atoms with Crippen molar-refractivity contribution in [2.45, 2.75) is 97.2 Å². The number of fused-ring (bicyclic) bond motifs is 5. The lowest BCUT2D eigenvalue weighted by molar-refractivity contribution is -0.174. The van der Waals surface area contributed by atoms with E-state index in [9.17, 15) is 15.0 Å². The summed E-state index contributed by atoms with van der Waals surface area (Å²) in [5.74, 6) is 3.17. The van der Waals surface area contributed by atoms with E-state index in [2.05, 4.69) is 20.8 Å². The lowest BCUT2D eigenvalue weighted by atomic mass is 9.43. The molecule has 4 aliphatic rings. The molecule has 4 saturated carbocycles. The van der Waals surface area contributed by atoms with Crippen molar-refractivity contribution in [1.29, 1.82) is 0 Å². The Labute approximate surface area is 176 Å². The fourth-order valence-corrected chi connectivity index (χ4v) is 8.82. The molecule has 4 fully saturated rings. The molecule has 7 unspecified atom stereocenters. The number of ether oxygens (including phenoxy) is 1. The molecule has 0 amide bonds. The Kier molecular flexibility index (Phi) is 5.83. The highest BCUT2D eigenvalue weighted by Gasteiger charge is 2.62. The zero-order valence-electron chi connectivity index (χ0n) is 18.9.